The number of rotatable bonds is 6. The van der Waals surface area contributed by atoms with Gasteiger partial charge in [-0.1, -0.05) is 24.3 Å². The molecule has 23 heavy (non-hydrogen) atoms. The number of ether oxygens (including phenoxy) is 1. The summed E-state index contributed by atoms with van der Waals surface area (Å²) in [5, 5.41) is 0. The summed E-state index contributed by atoms with van der Waals surface area (Å²) in [6.45, 7) is 4.02. The van der Waals surface area contributed by atoms with Crippen LogP contribution in [-0.4, -0.2) is 20.9 Å². The molecule has 0 bridgehead atoms. The van der Waals surface area contributed by atoms with E-state index in [2.05, 4.69) is 0 Å². The van der Waals surface area contributed by atoms with E-state index in [4.69, 9.17) is 4.74 Å². The lowest BCUT2D eigenvalue weighted by molar-refractivity contribution is -0.119. The van der Waals surface area contributed by atoms with Gasteiger partial charge in [-0.25, -0.2) is 13.1 Å². The Morgan fingerprint density at radius 1 is 1.04 bits per heavy atom. The van der Waals surface area contributed by atoms with E-state index in [0.29, 0.717) is 5.75 Å². The molecule has 2 rings (SSSR count). The predicted octanol–water partition coefficient (Wildman–Crippen LogP) is 2.58. The minimum absolute atomic E-state index is 0.0426. The summed E-state index contributed by atoms with van der Waals surface area (Å²) < 4.78 is 31.5. The Morgan fingerprint density at radius 2 is 1.65 bits per heavy atom. The Kier molecular flexibility index (Phi) is 5.39. The second kappa shape index (κ2) is 7.28. The first-order valence-corrected chi connectivity index (χ1v) is 8.67. The average molecular weight is 333 g/mol. The minimum Gasteiger partial charge on any atom is -0.493 e. The Labute approximate surface area is 136 Å². The van der Waals surface area contributed by atoms with Crippen molar-refractivity contribution in [3.63, 3.8) is 0 Å². The van der Waals surface area contributed by atoms with E-state index in [1.54, 1.807) is 18.2 Å². The molecule has 0 fully saturated rings. The predicted molar refractivity (Wildman–Crippen MR) is 87.8 cm³/mol. The molecule has 5 nitrogen and oxygen atoms in total. The first-order valence-electron chi connectivity index (χ1n) is 7.18. The van der Waals surface area contributed by atoms with Crippen molar-refractivity contribution in [3.05, 3.63) is 59.7 Å². The maximum absolute atomic E-state index is 12.0. The summed E-state index contributed by atoms with van der Waals surface area (Å²) in [4.78, 5) is 11.8. The van der Waals surface area contributed by atoms with Crippen molar-refractivity contribution in [1.29, 1.82) is 0 Å². The molecule has 2 aromatic carbocycles. The summed E-state index contributed by atoms with van der Waals surface area (Å²) in [6.07, 6.45) is -0.0426. The first-order chi connectivity index (χ1) is 10.9. The third kappa shape index (κ3) is 5.10. The molecule has 0 aromatic heterocycles. The van der Waals surface area contributed by atoms with Crippen molar-refractivity contribution in [2.45, 2.75) is 25.2 Å². The smallest absolute Gasteiger partial charge is 0.264 e. The standard InChI is InChI=1S/C17H19NO4S/c1-13-10-14(2)12-15(11-13)22-9-8-17(19)18-23(20,21)16-6-4-3-5-7-16/h3-7,10-12H,8-9H2,1-2H3,(H,18,19). The van der Waals surface area contributed by atoms with E-state index in [1.165, 1.54) is 12.1 Å². The Morgan fingerprint density at radius 3 is 2.26 bits per heavy atom. The second-order valence-electron chi connectivity index (χ2n) is 5.26. The number of sulfonamides is 1. The second-order valence-corrected chi connectivity index (χ2v) is 6.95. The molecule has 0 saturated heterocycles. The topological polar surface area (TPSA) is 72.5 Å². The SMILES string of the molecule is Cc1cc(C)cc(OCCC(=O)NS(=O)(=O)c2ccccc2)c1. The van der Waals surface area contributed by atoms with E-state index in [0.717, 1.165) is 11.1 Å². The zero-order valence-corrected chi connectivity index (χ0v) is 13.9. The van der Waals surface area contributed by atoms with E-state index in [-0.39, 0.29) is 17.9 Å². The number of aryl methyl sites for hydroxylation is 2. The highest BCUT2D eigenvalue weighted by molar-refractivity contribution is 7.90. The monoisotopic (exact) mass is 333 g/mol. The van der Waals surface area contributed by atoms with Crippen molar-refractivity contribution in [3.8, 4) is 5.75 Å². The summed E-state index contributed by atoms with van der Waals surface area (Å²) in [5.41, 5.74) is 2.13. The van der Waals surface area contributed by atoms with Crippen LogP contribution in [0.25, 0.3) is 0 Å². The van der Waals surface area contributed by atoms with Gasteiger partial charge < -0.3 is 4.74 Å². The quantitative estimate of drug-likeness (QED) is 0.882. The zero-order chi connectivity index (χ0) is 16.9. The van der Waals surface area contributed by atoms with E-state index < -0.39 is 15.9 Å². The summed E-state index contributed by atoms with van der Waals surface area (Å²) in [5.74, 6) is 0.0689. The third-order valence-corrected chi connectivity index (χ3v) is 4.48. The average Bonchev–Trinajstić information content (AvgIpc) is 2.46. The van der Waals surface area contributed by atoms with Crippen molar-refractivity contribution < 1.29 is 17.9 Å². The maximum Gasteiger partial charge on any atom is 0.264 e. The zero-order valence-electron chi connectivity index (χ0n) is 13.1. The van der Waals surface area contributed by atoms with E-state index >= 15 is 0 Å². The molecule has 122 valence electrons. The number of carbonyl (C=O) groups is 1. The number of benzene rings is 2. The largest absolute Gasteiger partial charge is 0.493 e. The van der Waals surface area contributed by atoms with Gasteiger partial charge in [0.2, 0.25) is 5.91 Å². The maximum atomic E-state index is 12.0. The van der Waals surface area contributed by atoms with Crippen LogP contribution in [0.2, 0.25) is 0 Å². The highest BCUT2D eigenvalue weighted by atomic mass is 32.2. The number of carbonyl (C=O) groups excluding carboxylic acids is 1. The van der Waals surface area contributed by atoms with Gasteiger partial charge in [0.15, 0.2) is 0 Å². The molecule has 6 heteroatoms. The molecule has 0 atom stereocenters. The number of hydrogen-bond donors (Lipinski definition) is 1. The molecule has 1 N–H and O–H groups in total. The fourth-order valence-electron chi connectivity index (χ4n) is 2.14. The van der Waals surface area contributed by atoms with Crippen LogP contribution in [0.3, 0.4) is 0 Å². The molecule has 0 spiro atoms. The highest BCUT2D eigenvalue weighted by Gasteiger charge is 2.16. The number of hydrogen-bond acceptors (Lipinski definition) is 4. The van der Waals surface area contributed by atoms with Gasteiger partial charge in [0, 0.05) is 0 Å². The fraction of sp³-hybridized carbons (Fsp3) is 0.235. The molecule has 0 unspecified atom stereocenters. The lowest BCUT2D eigenvalue weighted by Crippen LogP contribution is -2.31. The summed E-state index contributed by atoms with van der Waals surface area (Å²) >= 11 is 0. The molecule has 2 aromatic rings. The van der Waals surface area contributed by atoms with Crippen LogP contribution in [0.5, 0.6) is 5.75 Å². The third-order valence-electron chi connectivity index (χ3n) is 3.09. The molecular weight excluding hydrogens is 314 g/mol. The molecule has 1 amide bonds. The molecular formula is C17H19NO4S. The normalized spacial score (nSPS) is 11.0. The van der Waals surface area contributed by atoms with Crippen molar-refractivity contribution in [1.82, 2.24) is 4.72 Å². The van der Waals surface area contributed by atoms with E-state index in [1.807, 2.05) is 36.8 Å². The van der Waals surface area contributed by atoms with Crippen molar-refractivity contribution in [2.24, 2.45) is 0 Å². The number of nitrogens with one attached hydrogen (secondary N) is 1. The molecule has 0 aliphatic carbocycles. The van der Waals surface area contributed by atoms with Crippen LogP contribution >= 0.6 is 0 Å². The summed E-state index contributed by atoms with van der Waals surface area (Å²) in [7, 11) is -3.82. The fourth-order valence-corrected chi connectivity index (χ4v) is 3.17. The Balaban J connectivity index is 1.88. The van der Waals surface area contributed by atoms with Gasteiger partial charge in [-0.05, 0) is 49.2 Å². The van der Waals surface area contributed by atoms with Gasteiger partial charge >= 0.3 is 0 Å². The lowest BCUT2D eigenvalue weighted by Gasteiger charge is -2.09. The van der Waals surface area contributed by atoms with Gasteiger partial charge in [-0.2, -0.15) is 0 Å². The van der Waals surface area contributed by atoms with Crippen molar-refractivity contribution >= 4 is 15.9 Å². The van der Waals surface area contributed by atoms with Gasteiger partial charge in [0.05, 0.1) is 17.9 Å². The molecule has 0 radical (unpaired) electrons. The minimum atomic E-state index is -3.82. The van der Waals surface area contributed by atoms with E-state index in [9.17, 15) is 13.2 Å². The molecule has 0 aliphatic heterocycles. The molecule has 0 heterocycles. The van der Waals surface area contributed by atoms with Crippen LogP contribution in [-0.2, 0) is 14.8 Å². The van der Waals surface area contributed by atoms with Crippen LogP contribution < -0.4 is 9.46 Å². The van der Waals surface area contributed by atoms with Gasteiger partial charge in [-0.15, -0.1) is 0 Å². The van der Waals surface area contributed by atoms with Crippen molar-refractivity contribution in [2.75, 3.05) is 6.61 Å². The van der Waals surface area contributed by atoms with Crippen LogP contribution in [0.1, 0.15) is 17.5 Å². The van der Waals surface area contributed by atoms with Crippen LogP contribution in [0.4, 0.5) is 0 Å². The first kappa shape index (κ1) is 17.0. The van der Waals surface area contributed by atoms with Gasteiger partial charge in [0.25, 0.3) is 10.0 Å². The Bertz CT molecular complexity index is 765. The number of amides is 1. The van der Waals surface area contributed by atoms with Gasteiger partial charge in [-0.3, -0.25) is 4.79 Å². The molecule has 0 aliphatic rings. The summed E-state index contributed by atoms with van der Waals surface area (Å²) in [6, 6.07) is 13.5. The van der Waals surface area contributed by atoms with Crippen LogP contribution in [0, 0.1) is 13.8 Å². The van der Waals surface area contributed by atoms with Crippen LogP contribution in [0.15, 0.2) is 53.4 Å². The highest BCUT2D eigenvalue weighted by Crippen LogP contribution is 2.16. The Hall–Kier alpha value is -2.34. The van der Waals surface area contributed by atoms with Gasteiger partial charge in [0.1, 0.15) is 5.75 Å². The lowest BCUT2D eigenvalue weighted by atomic mass is 10.1. The molecule has 0 saturated carbocycles.